The summed E-state index contributed by atoms with van der Waals surface area (Å²) >= 11 is 6.14. The Morgan fingerprint density at radius 2 is 1.86 bits per heavy atom. The number of para-hydroxylation sites is 1. The molecular formula is C17H18ClNO2. The molecule has 0 aromatic heterocycles. The van der Waals surface area contributed by atoms with Crippen LogP contribution in [0, 0.1) is 13.8 Å². The zero-order valence-corrected chi connectivity index (χ0v) is 13.0. The van der Waals surface area contributed by atoms with Crippen LogP contribution in [0.1, 0.15) is 23.6 Å². The molecule has 110 valence electrons. The first kappa shape index (κ1) is 15.4. The average Bonchev–Trinajstić information content (AvgIpc) is 2.43. The highest BCUT2D eigenvalue weighted by atomic mass is 35.5. The van der Waals surface area contributed by atoms with E-state index in [0.717, 1.165) is 16.7 Å². The minimum absolute atomic E-state index is 0.496. The number of benzene rings is 2. The first-order chi connectivity index (χ1) is 9.84. The van der Waals surface area contributed by atoms with Crippen LogP contribution in [-0.4, -0.2) is 11.1 Å². The number of halogens is 1. The maximum absolute atomic E-state index is 11.9. The van der Waals surface area contributed by atoms with Gasteiger partial charge in [-0.1, -0.05) is 47.5 Å². The summed E-state index contributed by atoms with van der Waals surface area (Å²) in [6.07, 6.45) is 0. The number of carbonyl (C=O) groups is 1. The summed E-state index contributed by atoms with van der Waals surface area (Å²) in [7, 11) is 0. The van der Waals surface area contributed by atoms with Gasteiger partial charge in [-0.05, 0) is 44.0 Å². The molecule has 0 amide bonds. The fourth-order valence-electron chi connectivity index (χ4n) is 2.34. The molecule has 0 aliphatic heterocycles. The molecule has 0 saturated heterocycles. The van der Waals surface area contributed by atoms with Gasteiger partial charge < -0.3 is 10.4 Å². The molecule has 1 unspecified atom stereocenters. The average molecular weight is 304 g/mol. The second kappa shape index (κ2) is 5.78. The molecule has 3 nitrogen and oxygen atoms in total. The van der Waals surface area contributed by atoms with Gasteiger partial charge in [0.1, 0.15) is 0 Å². The van der Waals surface area contributed by atoms with Crippen LogP contribution in [0.25, 0.3) is 0 Å². The van der Waals surface area contributed by atoms with E-state index in [0.29, 0.717) is 10.7 Å². The standard InChI is InChI=1S/C17H18ClNO2/c1-11-8-9-12(2)13(10-11)17(3,16(20)21)19-15-7-5-4-6-14(15)18/h4-10,19H,1-3H3,(H,20,21). The minimum atomic E-state index is -1.25. The zero-order valence-electron chi connectivity index (χ0n) is 12.3. The smallest absolute Gasteiger partial charge is 0.333 e. The Labute approximate surface area is 129 Å². The van der Waals surface area contributed by atoms with Gasteiger partial charge in [0.25, 0.3) is 0 Å². The molecule has 0 bridgehead atoms. The van der Waals surface area contributed by atoms with Crippen LogP contribution >= 0.6 is 11.6 Å². The Morgan fingerprint density at radius 3 is 2.48 bits per heavy atom. The van der Waals surface area contributed by atoms with E-state index in [-0.39, 0.29) is 0 Å². The number of aliphatic carboxylic acids is 1. The van der Waals surface area contributed by atoms with Crippen molar-refractivity contribution < 1.29 is 9.90 Å². The molecule has 21 heavy (non-hydrogen) atoms. The number of hydrogen-bond donors (Lipinski definition) is 2. The van der Waals surface area contributed by atoms with Crippen molar-refractivity contribution in [2.75, 3.05) is 5.32 Å². The lowest BCUT2D eigenvalue weighted by Gasteiger charge is -2.30. The van der Waals surface area contributed by atoms with Gasteiger partial charge >= 0.3 is 5.97 Å². The Morgan fingerprint density at radius 1 is 1.19 bits per heavy atom. The Kier molecular flexibility index (Phi) is 4.24. The second-order valence-corrected chi connectivity index (χ2v) is 5.76. The van der Waals surface area contributed by atoms with E-state index in [1.165, 1.54) is 0 Å². The molecule has 2 aromatic rings. The molecule has 0 aliphatic carbocycles. The van der Waals surface area contributed by atoms with Crippen molar-refractivity contribution in [2.45, 2.75) is 26.3 Å². The first-order valence-electron chi connectivity index (χ1n) is 6.68. The number of rotatable bonds is 4. The van der Waals surface area contributed by atoms with E-state index >= 15 is 0 Å². The molecule has 1 atom stereocenters. The van der Waals surface area contributed by atoms with Gasteiger partial charge in [-0.2, -0.15) is 0 Å². The Hall–Kier alpha value is -2.00. The van der Waals surface area contributed by atoms with E-state index in [1.807, 2.05) is 44.2 Å². The van der Waals surface area contributed by atoms with Crippen molar-refractivity contribution in [1.29, 1.82) is 0 Å². The van der Waals surface area contributed by atoms with Crippen molar-refractivity contribution in [3.63, 3.8) is 0 Å². The third kappa shape index (κ3) is 3.03. The number of carboxylic acid groups (broad SMARTS) is 1. The highest BCUT2D eigenvalue weighted by Gasteiger charge is 2.37. The maximum atomic E-state index is 11.9. The highest BCUT2D eigenvalue weighted by molar-refractivity contribution is 6.33. The van der Waals surface area contributed by atoms with Crippen LogP contribution in [0.5, 0.6) is 0 Å². The van der Waals surface area contributed by atoms with Crippen molar-refractivity contribution in [1.82, 2.24) is 0 Å². The van der Waals surface area contributed by atoms with Crippen LogP contribution in [0.2, 0.25) is 5.02 Å². The zero-order chi connectivity index (χ0) is 15.6. The summed E-state index contributed by atoms with van der Waals surface area (Å²) in [6.45, 7) is 5.51. The number of carboxylic acids is 1. The molecule has 0 radical (unpaired) electrons. The molecule has 2 rings (SSSR count). The third-order valence-electron chi connectivity index (χ3n) is 3.62. The van der Waals surface area contributed by atoms with E-state index in [4.69, 9.17) is 11.6 Å². The van der Waals surface area contributed by atoms with Gasteiger partial charge in [0.2, 0.25) is 0 Å². The number of anilines is 1. The predicted octanol–water partition coefficient (Wildman–Crippen LogP) is 4.37. The minimum Gasteiger partial charge on any atom is -0.479 e. The largest absolute Gasteiger partial charge is 0.479 e. The number of hydrogen-bond acceptors (Lipinski definition) is 2. The fourth-order valence-corrected chi connectivity index (χ4v) is 2.53. The summed E-state index contributed by atoms with van der Waals surface area (Å²) in [5, 5.41) is 13.3. The monoisotopic (exact) mass is 303 g/mol. The van der Waals surface area contributed by atoms with Crippen molar-refractivity contribution in [3.05, 3.63) is 64.2 Å². The van der Waals surface area contributed by atoms with Crippen LogP contribution in [0.3, 0.4) is 0 Å². The predicted molar refractivity (Wildman–Crippen MR) is 86.0 cm³/mol. The van der Waals surface area contributed by atoms with Crippen molar-refractivity contribution >= 4 is 23.3 Å². The first-order valence-corrected chi connectivity index (χ1v) is 7.06. The molecule has 2 aromatic carbocycles. The molecule has 0 heterocycles. The maximum Gasteiger partial charge on any atom is 0.333 e. The summed E-state index contributed by atoms with van der Waals surface area (Å²) in [6, 6.07) is 12.9. The fraction of sp³-hybridized carbons (Fsp3) is 0.235. The van der Waals surface area contributed by atoms with E-state index in [1.54, 1.807) is 19.1 Å². The summed E-state index contributed by atoms with van der Waals surface area (Å²) in [5.41, 5.74) is 2.02. The molecule has 4 heteroatoms. The lowest BCUT2D eigenvalue weighted by atomic mass is 9.87. The Bertz CT molecular complexity index is 684. The van der Waals surface area contributed by atoms with E-state index in [9.17, 15) is 9.90 Å². The molecule has 2 N–H and O–H groups in total. The van der Waals surface area contributed by atoms with E-state index < -0.39 is 11.5 Å². The molecular weight excluding hydrogens is 286 g/mol. The Balaban J connectivity index is 2.53. The lowest BCUT2D eigenvalue weighted by Crippen LogP contribution is -2.41. The topological polar surface area (TPSA) is 49.3 Å². The lowest BCUT2D eigenvalue weighted by molar-refractivity contribution is -0.142. The van der Waals surface area contributed by atoms with E-state index in [2.05, 4.69) is 5.32 Å². The third-order valence-corrected chi connectivity index (χ3v) is 3.95. The summed E-state index contributed by atoms with van der Waals surface area (Å²) in [4.78, 5) is 11.9. The van der Waals surface area contributed by atoms with Gasteiger partial charge in [-0.25, -0.2) is 4.79 Å². The SMILES string of the molecule is Cc1ccc(C)c(C(C)(Nc2ccccc2Cl)C(=O)O)c1. The number of nitrogens with one attached hydrogen (secondary N) is 1. The van der Waals surface area contributed by atoms with Gasteiger partial charge in [-0.15, -0.1) is 0 Å². The molecule has 0 fully saturated rings. The van der Waals surface area contributed by atoms with Gasteiger partial charge in [0, 0.05) is 0 Å². The quantitative estimate of drug-likeness (QED) is 0.882. The van der Waals surface area contributed by atoms with Gasteiger partial charge in [0.05, 0.1) is 10.7 Å². The van der Waals surface area contributed by atoms with Crippen molar-refractivity contribution in [2.24, 2.45) is 0 Å². The van der Waals surface area contributed by atoms with Gasteiger partial charge in [-0.3, -0.25) is 0 Å². The van der Waals surface area contributed by atoms with Gasteiger partial charge in [0.15, 0.2) is 5.54 Å². The van der Waals surface area contributed by atoms with Crippen LogP contribution < -0.4 is 5.32 Å². The summed E-state index contributed by atoms with van der Waals surface area (Å²) < 4.78 is 0. The number of aryl methyl sites for hydroxylation is 2. The van der Waals surface area contributed by atoms with Crippen molar-refractivity contribution in [3.8, 4) is 0 Å². The van der Waals surface area contributed by atoms with Crippen LogP contribution in [0.4, 0.5) is 5.69 Å². The normalized spacial score (nSPS) is 13.5. The molecule has 0 saturated carbocycles. The van der Waals surface area contributed by atoms with Crippen LogP contribution in [-0.2, 0) is 10.3 Å². The highest BCUT2D eigenvalue weighted by Crippen LogP contribution is 2.32. The molecule has 0 spiro atoms. The second-order valence-electron chi connectivity index (χ2n) is 5.35. The van der Waals surface area contributed by atoms with Crippen LogP contribution in [0.15, 0.2) is 42.5 Å². The molecule has 0 aliphatic rings. The summed E-state index contributed by atoms with van der Waals surface area (Å²) in [5.74, 6) is -0.948.